The standard InChI is InChI=1S/C25H18FNO4/c1-30-18-11-9-15(10-12-18)14-27-22(16-5-4-6-17(26)13-16)21-23(28)19-7-2-3-8-20(19)31-24(21)25(27)29/h2-13,22H,14H2,1H3. The molecular weight excluding hydrogens is 397 g/mol. The van der Waals surface area contributed by atoms with Crippen molar-refractivity contribution in [3.63, 3.8) is 0 Å². The van der Waals surface area contributed by atoms with Gasteiger partial charge in [0.05, 0.1) is 24.1 Å². The van der Waals surface area contributed by atoms with Crippen LogP contribution in [0, 0.1) is 5.82 Å². The Hall–Kier alpha value is -3.93. The molecule has 1 aliphatic rings. The molecule has 0 bridgehead atoms. The number of amides is 1. The molecule has 154 valence electrons. The van der Waals surface area contributed by atoms with Crippen LogP contribution in [-0.4, -0.2) is 17.9 Å². The van der Waals surface area contributed by atoms with E-state index in [0.29, 0.717) is 22.3 Å². The molecule has 0 fully saturated rings. The molecule has 0 aliphatic carbocycles. The Bertz CT molecular complexity index is 1360. The number of hydrogen-bond donors (Lipinski definition) is 0. The smallest absolute Gasteiger partial charge is 0.291 e. The topological polar surface area (TPSA) is 59.8 Å². The van der Waals surface area contributed by atoms with Crippen molar-refractivity contribution in [1.29, 1.82) is 0 Å². The summed E-state index contributed by atoms with van der Waals surface area (Å²) in [5, 5.41) is 0.391. The predicted molar refractivity (Wildman–Crippen MR) is 114 cm³/mol. The molecule has 2 heterocycles. The third kappa shape index (κ3) is 3.17. The quantitative estimate of drug-likeness (QED) is 0.485. The number of benzene rings is 3. The molecule has 0 N–H and O–H groups in total. The second-order valence-corrected chi connectivity index (χ2v) is 7.41. The van der Waals surface area contributed by atoms with E-state index in [1.54, 1.807) is 60.5 Å². The van der Waals surface area contributed by atoms with E-state index in [0.717, 1.165) is 5.56 Å². The highest BCUT2D eigenvalue weighted by atomic mass is 19.1. The fourth-order valence-electron chi connectivity index (χ4n) is 4.08. The minimum Gasteiger partial charge on any atom is -0.497 e. The summed E-state index contributed by atoms with van der Waals surface area (Å²) in [6, 6.07) is 19.3. The van der Waals surface area contributed by atoms with Crippen LogP contribution in [0.3, 0.4) is 0 Å². The maximum absolute atomic E-state index is 14.1. The summed E-state index contributed by atoms with van der Waals surface area (Å²) < 4.78 is 25.1. The highest BCUT2D eigenvalue weighted by Gasteiger charge is 2.42. The fraction of sp³-hybridized carbons (Fsp3) is 0.120. The first-order valence-electron chi connectivity index (χ1n) is 9.82. The molecule has 31 heavy (non-hydrogen) atoms. The molecule has 5 rings (SSSR count). The number of hydrogen-bond acceptors (Lipinski definition) is 4. The lowest BCUT2D eigenvalue weighted by molar-refractivity contribution is 0.0714. The van der Waals surface area contributed by atoms with Gasteiger partial charge >= 0.3 is 0 Å². The summed E-state index contributed by atoms with van der Waals surface area (Å²) >= 11 is 0. The van der Waals surface area contributed by atoms with Crippen LogP contribution in [0.4, 0.5) is 4.39 Å². The summed E-state index contributed by atoms with van der Waals surface area (Å²) in [6.07, 6.45) is 0. The maximum atomic E-state index is 14.1. The first kappa shape index (κ1) is 19.1. The van der Waals surface area contributed by atoms with Gasteiger partial charge in [-0.05, 0) is 47.5 Å². The Balaban J connectivity index is 1.69. The third-order valence-electron chi connectivity index (χ3n) is 5.55. The molecule has 4 aromatic rings. The third-order valence-corrected chi connectivity index (χ3v) is 5.55. The molecule has 1 unspecified atom stereocenters. The minimum atomic E-state index is -0.749. The molecule has 0 spiro atoms. The molecule has 0 saturated heterocycles. The first-order chi connectivity index (χ1) is 15.1. The lowest BCUT2D eigenvalue weighted by Gasteiger charge is -2.25. The van der Waals surface area contributed by atoms with Crippen LogP contribution in [0.15, 0.2) is 82.0 Å². The second-order valence-electron chi connectivity index (χ2n) is 7.41. The molecule has 3 aromatic carbocycles. The second kappa shape index (κ2) is 7.40. The van der Waals surface area contributed by atoms with Gasteiger partial charge < -0.3 is 14.1 Å². The number of nitrogens with zero attached hydrogens (tertiary/aromatic N) is 1. The zero-order valence-corrected chi connectivity index (χ0v) is 16.7. The Labute approximate surface area is 177 Å². The fourth-order valence-corrected chi connectivity index (χ4v) is 4.08. The van der Waals surface area contributed by atoms with Gasteiger partial charge in [-0.15, -0.1) is 0 Å². The Kier molecular flexibility index (Phi) is 4.55. The van der Waals surface area contributed by atoms with Crippen LogP contribution < -0.4 is 10.2 Å². The van der Waals surface area contributed by atoms with E-state index in [9.17, 15) is 14.0 Å². The van der Waals surface area contributed by atoms with Crippen molar-refractivity contribution in [2.45, 2.75) is 12.6 Å². The number of halogens is 1. The van der Waals surface area contributed by atoms with Gasteiger partial charge in [-0.25, -0.2) is 4.39 Å². The van der Waals surface area contributed by atoms with Gasteiger partial charge in [-0.1, -0.05) is 36.4 Å². The van der Waals surface area contributed by atoms with Crippen molar-refractivity contribution in [3.05, 3.63) is 111 Å². The molecule has 6 heteroatoms. The number of methoxy groups -OCH3 is 1. The summed E-state index contributed by atoms with van der Waals surface area (Å²) in [5.74, 6) is -0.132. The van der Waals surface area contributed by atoms with E-state index in [2.05, 4.69) is 0 Å². The van der Waals surface area contributed by atoms with E-state index in [1.807, 2.05) is 12.1 Å². The van der Waals surface area contributed by atoms with E-state index in [4.69, 9.17) is 9.15 Å². The van der Waals surface area contributed by atoms with Gasteiger partial charge in [0.15, 0.2) is 5.43 Å². The summed E-state index contributed by atoms with van der Waals surface area (Å²) in [4.78, 5) is 28.3. The summed E-state index contributed by atoms with van der Waals surface area (Å²) in [5.41, 5.74) is 1.67. The SMILES string of the molecule is COc1ccc(CN2C(=O)c3oc4ccccc4c(=O)c3C2c2cccc(F)c2)cc1. The zero-order chi connectivity index (χ0) is 21.5. The molecule has 1 aliphatic heterocycles. The number of carbonyl (C=O) groups excluding carboxylic acids is 1. The predicted octanol–water partition coefficient (Wildman–Crippen LogP) is 4.69. The van der Waals surface area contributed by atoms with Gasteiger partial charge in [0.1, 0.15) is 17.1 Å². The maximum Gasteiger partial charge on any atom is 0.291 e. The van der Waals surface area contributed by atoms with Crippen molar-refractivity contribution < 1.29 is 18.3 Å². The lowest BCUT2D eigenvalue weighted by atomic mass is 9.98. The van der Waals surface area contributed by atoms with Crippen molar-refractivity contribution in [2.24, 2.45) is 0 Å². The highest BCUT2D eigenvalue weighted by Crippen LogP contribution is 2.39. The average molecular weight is 415 g/mol. The summed E-state index contributed by atoms with van der Waals surface area (Å²) in [7, 11) is 1.58. The molecular formula is C25H18FNO4. The largest absolute Gasteiger partial charge is 0.497 e. The van der Waals surface area contributed by atoms with Crippen LogP contribution in [0.25, 0.3) is 11.0 Å². The number of para-hydroxylation sites is 1. The van der Waals surface area contributed by atoms with Crippen LogP contribution in [0.2, 0.25) is 0 Å². The van der Waals surface area contributed by atoms with Gasteiger partial charge in [0.2, 0.25) is 5.76 Å². The van der Waals surface area contributed by atoms with Gasteiger partial charge in [0.25, 0.3) is 5.91 Å². The number of fused-ring (bicyclic) bond motifs is 2. The molecule has 1 amide bonds. The van der Waals surface area contributed by atoms with Gasteiger partial charge in [-0.2, -0.15) is 0 Å². The lowest BCUT2D eigenvalue weighted by Crippen LogP contribution is -2.29. The van der Waals surface area contributed by atoms with Gasteiger partial charge in [0, 0.05) is 6.54 Å². The highest BCUT2D eigenvalue weighted by molar-refractivity contribution is 5.99. The average Bonchev–Trinajstić information content (AvgIpc) is 3.06. The molecule has 1 aromatic heterocycles. The first-order valence-corrected chi connectivity index (χ1v) is 9.82. The van der Waals surface area contributed by atoms with E-state index >= 15 is 0 Å². The van der Waals surface area contributed by atoms with Crippen molar-refractivity contribution in [1.82, 2.24) is 4.90 Å². The minimum absolute atomic E-state index is 0.00599. The molecule has 0 saturated carbocycles. The molecule has 0 radical (unpaired) electrons. The van der Waals surface area contributed by atoms with Crippen LogP contribution in [0.5, 0.6) is 5.75 Å². The van der Waals surface area contributed by atoms with Crippen LogP contribution >= 0.6 is 0 Å². The van der Waals surface area contributed by atoms with E-state index in [-0.39, 0.29) is 23.3 Å². The van der Waals surface area contributed by atoms with Crippen molar-refractivity contribution in [2.75, 3.05) is 7.11 Å². The van der Waals surface area contributed by atoms with Crippen molar-refractivity contribution in [3.8, 4) is 5.75 Å². The van der Waals surface area contributed by atoms with Gasteiger partial charge in [-0.3, -0.25) is 9.59 Å². The van der Waals surface area contributed by atoms with E-state index < -0.39 is 17.8 Å². The molecule has 1 atom stereocenters. The zero-order valence-electron chi connectivity index (χ0n) is 16.7. The number of rotatable bonds is 4. The molecule has 5 nitrogen and oxygen atoms in total. The summed E-state index contributed by atoms with van der Waals surface area (Å²) in [6.45, 7) is 0.226. The van der Waals surface area contributed by atoms with Crippen LogP contribution in [-0.2, 0) is 6.54 Å². The Morgan fingerprint density at radius 3 is 2.52 bits per heavy atom. The van der Waals surface area contributed by atoms with Crippen LogP contribution in [0.1, 0.15) is 33.3 Å². The van der Waals surface area contributed by atoms with E-state index in [1.165, 1.54) is 12.1 Å². The Morgan fingerprint density at radius 2 is 1.77 bits per heavy atom. The number of carbonyl (C=O) groups is 1. The normalized spacial score (nSPS) is 15.4. The Morgan fingerprint density at radius 1 is 1.00 bits per heavy atom. The number of ether oxygens (including phenoxy) is 1. The van der Waals surface area contributed by atoms with Crippen molar-refractivity contribution >= 4 is 16.9 Å². The monoisotopic (exact) mass is 415 g/mol.